The summed E-state index contributed by atoms with van der Waals surface area (Å²) in [6, 6.07) is 0. The first-order valence-electron chi connectivity index (χ1n) is 7.93. The van der Waals surface area contributed by atoms with Gasteiger partial charge in [0.25, 0.3) is 0 Å². The first-order chi connectivity index (χ1) is 9.11. The van der Waals surface area contributed by atoms with Crippen LogP contribution in [0.5, 0.6) is 0 Å². The second-order valence-corrected chi connectivity index (χ2v) is 6.43. The van der Waals surface area contributed by atoms with Crippen molar-refractivity contribution >= 4 is 5.97 Å². The van der Waals surface area contributed by atoms with E-state index in [2.05, 4.69) is 13.8 Å². The molecule has 0 aromatic carbocycles. The standard InChI is InChI=1S/C16H28O3/c1-4-5-6-11(2)12(3)16(17)18-10-13-7-8-14-15(9-13)19-14/h11-15H,4-10H2,1-3H3. The molecule has 3 heteroatoms. The lowest BCUT2D eigenvalue weighted by Crippen LogP contribution is -2.26. The van der Waals surface area contributed by atoms with Crippen LogP contribution in [0.3, 0.4) is 0 Å². The Bertz CT molecular complexity index is 302. The van der Waals surface area contributed by atoms with Gasteiger partial charge in [0.05, 0.1) is 24.7 Å². The van der Waals surface area contributed by atoms with Crippen LogP contribution in [0.15, 0.2) is 0 Å². The number of carbonyl (C=O) groups is 1. The molecule has 19 heavy (non-hydrogen) atoms. The Hall–Kier alpha value is -0.570. The van der Waals surface area contributed by atoms with E-state index in [1.807, 2.05) is 6.92 Å². The van der Waals surface area contributed by atoms with Crippen LogP contribution in [0, 0.1) is 17.8 Å². The van der Waals surface area contributed by atoms with Crippen molar-refractivity contribution in [3.05, 3.63) is 0 Å². The predicted octanol–water partition coefficient (Wildman–Crippen LogP) is 3.56. The minimum Gasteiger partial charge on any atom is -0.465 e. The average Bonchev–Trinajstić information content (AvgIpc) is 3.19. The van der Waals surface area contributed by atoms with E-state index in [0.29, 0.717) is 30.7 Å². The van der Waals surface area contributed by atoms with Gasteiger partial charge in [-0.25, -0.2) is 0 Å². The van der Waals surface area contributed by atoms with Gasteiger partial charge in [0, 0.05) is 0 Å². The van der Waals surface area contributed by atoms with E-state index in [0.717, 1.165) is 25.7 Å². The molecule has 1 aliphatic heterocycles. The zero-order valence-electron chi connectivity index (χ0n) is 12.6. The van der Waals surface area contributed by atoms with Gasteiger partial charge in [-0.2, -0.15) is 0 Å². The summed E-state index contributed by atoms with van der Waals surface area (Å²) < 4.78 is 11.0. The molecule has 0 N–H and O–H groups in total. The van der Waals surface area contributed by atoms with E-state index in [1.54, 1.807) is 0 Å². The van der Waals surface area contributed by atoms with E-state index in [4.69, 9.17) is 9.47 Å². The molecule has 110 valence electrons. The van der Waals surface area contributed by atoms with E-state index < -0.39 is 0 Å². The quantitative estimate of drug-likeness (QED) is 0.523. The van der Waals surface area contributed by atoms with Crippen molar-refractivity contribution in [3.8, 4) is 0 Å². The highest BCUT2D eigenvalue weighted by Crippen LogP contribution is 2.39. The molecule has 5 unspecified atom stereocenters. The Morgan fingerprint density at radius 1 is 1.32 bits per heavy atom. The van der Waals surface area contributed by atoms with Crippen LogP contribution >= 0.6 is 0 Å². The molecule has 0 amide bonds. The van der Waals surface area contributed by atoms with E-state index in [9.17, 15) is 4.79 Å². The summed E-state index contributed by atoms with van der Waals surface area (Å²) in [6.07, 6.45) is 7.88. The van der Waals surface area contributed by atoms with Crippen LogP contribution in [0.2, 0.25) is 0 Å². The number of hydrogen-bond donors (Lipinski definition) is 0. The number of ether oxygens (including phenoxy) is 2. The van der Waals surface area contributed by atoms with Crippen LogP contribution in [0.4, 0.5) is 0 Å². The Kier molecular flexibility index (Phi) is 5.26. The summed E-state index contributed by atoms with van der Waals surface area (Å²) in [7, 11) is 0. The number of fused-ring (bicyclic) bond motifs is 1. The normalized spacial score (nSPS) is 32.3. The Morgan fingerprint density at radius 3 is 2.79 bits per heavy atom. The second-order valence-electron chi connectivity index (χ2n) is 6.43. The van der Waals surface area contributed by atoms with Crippen molar-refractivity contribution in [3.63, 3.8) is 0 Å². The number of esters is 1. The first-order valence-corrected chi connectivity index (χ1v) is 7.93. The number of rotatable bonds is 7. The number of hydrogen-bond acceptors (Lipinski definition) is 3. The van der Waals surface area contributed by atoms with Crippen LogP contribution in [0.1, 0.15) is 59.3 Å². The molecule has 1 saturated heterocycles. The molecule has 5 atom stereocenters. The van der Waals surface area contributed by atoms with Crippen molar-refractivity contribution in [1.29, 1.82) is 0 Å². The highest BCUT2D eigenvalue weighted by Gasteiger charge is 2.44. The Labute approximate surface area is 117 Å². The summed E-state index contributed by atoms with van der Waals surface area (Å²) >= 11 is 0. The van der Waals surface area contributed by atoms with E-state index in [-0.39, 0.29) is 11.9 Å². The highest BCUT2D eigenvalue weighted by atomic mass is 16.6. The second kappa shape index (κ2) is 6.74. The number of epoxide rings is 1. The van der Waals surface area contributed by atoms with Crippen LogP contribution in [0.25, 0.3) is 0 Å². The van der Waals surface area contributed by atoms with Gasteiger partial charge in [0.2, 0.25) is 0 Å². The number of carbonyl (C=O) groups excluding carboxylic acids is 1. The molecule has 2 rings (SSSR count). The molecular weight excluding hydrogens is 240 g/mol. The SMILES string of the molecule is CCCCC(C)C(C)C(=O)OCC1CCC2OC2C1. The molecular formula is C16H28O3. The molecule has 0 spiro atoms. The van der Waals surface area contributed by atoms with Crippen LogP contribution < -0.4 is 0 Å². The topological polar surface area (TPSA) is 38.8 Å². The van der Waals surface area contributed by atoms with Gasteiger partial charge in [0.1, 0.15) is 0 Å². The predicted molar refractivity (Wildman–Crippen MR) is 74.8 cm³/mol. The zero-order chi connectivity index (χ0) is 13.8. The van der Waals surface area contributed by atoms with E-state index >= 15 is 0 Å². The third-order valence-corrected chi connectivity index (χ3v) is 4.81. The van der Waals surface area contributed by atoms with Gasteiger partial charge in [-0.05, 0) is 37.5 Å². The molecule has 0 bridgehead atoms. The molecule has 2 aliphatic rings. The fourth-order valence-corrected chi connectivity index (χ4v) is 2.98. The zero-order valence-corrected chi connectivity index (χ0v) is 12.6. The Balaban J connectivity index is 1.65. The molecule has 1 heterocycles. The van der Waals surface area contributed by atoms with Gasteiger partial charge >= 0.3 is 5.97 Å². The monoisotopic (exact) mass is 268 g/mol. The molecule has 1 aliphatic carbocycles. The van der Waals surface area contributed by atoms with Crippen molar-refractivity contribution < 1.29 is 14.3 Å². The largest absolute Gasteiger partial charge is 0.465 e. The third-order valence-electron chi connectivity index (χ3n) is 4.81. The van der Waals surface area contributed by atoms with Gasteiger partial charge in [-0.3, -0.25) is 4.79 Å². The minimum absolute atomic E-state index is 0.0116. The molecule has 0 aromatic heterocycles. The lowest BCUT2D eigenvalue weighted by molar-refractivity contribution is -0.151. The minimum atomic E-state index is -0.0116. The highest BCUT2D eigenvalue weighted by molar-refractivity contribution is 5.72. The van der Waals surface area contributed by atoms with Crippen LogP contribution in [-0.2, 0) is 14.3 Å². The van der Waals surface area contributed by atoms with Crippen molar-refractivity contribution in [2.24, 2.45) is 17.8 Å². The molecule has 2 fully saturated rings. The summed E-state index contributed by atoms with van der Waals surface area (Å²) in [4.78, 5) is 12.0. The Morgan fingerprint density at radius 2 is 2.11 bits per heavy atom. The average molecular weight is 268 g/mol. The van der Waals surface area contributed by atoms with Gasteiger partial charge < -0.3 is 9.47 Å². The molecule has 3 nitrogen and oxygen atoms in total. The summed E-state index contributed by atoms with van der Waals surface area (Å²) in [5.41, 5.74) is 0. The maximum atomic E-state index is 12.0. The smallest absolute Gasteiger partial charge is 0.308 e. The lowest BCUT2D eigenvalue weighted by atomic mass is 9.89. The third kappa shape index (κ3) is 4.20. The number of unbranched alkanes of at least 4 members (excludes halogenated alkanes) is 1. The fourth-order valence-electron chi connectivity index (χ4n) is 2.98. The lowest BCUT2D eigenvalue weighted by Gasteiger charge is -2.22. The maximum Gasteiger partial charge on any atom is 0.308 e. The summed E-state index contributed by atoms with van der Waals surface area (Å²) in [6.45, 7) is 6.94. The van der Waals surface area contributed by atoms with Crippen molar-refractivity contribution in [2.45, 2.75) is 71.5 Å². The van der Waals surface area contributed by atoms with Crippen LogP contribution in [-0.4, -0.2) is 24.8 Å². The van der Waals surface area contributed by atoms with Gasteiger partial charge in [0.15, 0.2) is 0 Å². The maximum absolute atomic E-state index is 12.0. The fraction of sp³-hybridized carbons (Fsp3) is 0.938. The summed E-state index contributed by atoms with van der Waals surface area (Å²) in [5.74, 6) is 0.961. The molecule has 0 aromatic rings. The van der Waals surface area contributed by atoms with Crippen molar-refractivity contribution in [2.75, 3.05) is 6.61 Å². The summed E-state index contributed by atoms with van der Waals surface area (Å²) in [5, 5.41) is 0. The van der Waals surface area contributed by atoms with Gasteiger partial charge in [-0.15, -0.1) is 0 Å². The van der Waals surface area contributed by atoms with Gasteiger partial charge in [-0.1, -0.05) is 33.6 Å². The van der Waals surface area contributed by atoms with Crippen molar-refractivity contribution in [1.82, 2.24) is 0 Å². The molecule has 1 saturated carbocycles. The first kappa shape index (κ1) is 14.8. The van der Waals surface area contributed by atoms with E-state index in [1.165, 1.54) is 12.8 Å². The molecule has 0 radical (unpaired) electrons.